The van der Waals surface area contributed by atoms with E-state index >= 15 is 0 Å². The lowest BCUT2D eigenvalue weighted by Crippen LogP contribution is -2.40. The summed E-state index contributed by atoms with van der Waals surface area (Å²) >= 11 is 0. The maximum Gasteiger partial charge on any atom is 0.360 e. The van der Waals surface area contributed by atoms with Gasteiger partial charge in [-0.2, -0.15) is 0 Å². The number of carbonyl (C=O) groups is 1. The molecule has 23 heavy (non-hydrogen) atoms. The Labute approximate surface area is 137 Å². The van der Waals surface area contributed by atoms with Gasteiger partial charge in [0.1, 0.15) is 6.10 Å². The number of hydrogen-bond donors (Lipinski definition) is 0. The minimum atomic E-state index is -0.466. The summed E-state index contributed by atoms with van der Waals surface area (Å²) < 4.78 is 22.2. The monoisotopic (exact) mass is 325 g/mol. The normalized spacial score (nSPS) is 25.4. The highest BCUT2D eigenvalue weighted by Gasteiger charge is 2.39. The average Bonchev–Trinajstić information content (AvgIpc) is 2.88. The molecule has 1 aliphatic rings. The van der Waals surface area contributed by atoms with Crippen LogP contribution in [0.3, 0.4) is 0 Å². The number of rotatable bonds is 4. The highest BCUT2D eigenvalue weighted by Crippen LogP contribution is 2.40. The molecule has 1 aromatic rings. The Morgan fingerprint density at radius 2 is 2.04 bits per heavy atom. The van der Waals surface area contributed by atoms with Gasteiger partial charge in [0.15, 0.2) is 11.5 Å². The van der Waals surface area contributed by atoms with Crippen LogP contribution in [0.1, 0.15) is 68.5 Å². The second-order valence-corrected chi connectivity index (χ2v) is 7.05. The molecule has 2 heterocycles. The molecule has 0 aromatic carbocycles. The lowest BCUT2D eigenvalue weighted by atomic mass is 9.82. The summed E-state index contributed by atoms with van der Waals surface area (Å²) in [7, 11) is 1.71. The van der Waals surface area contributed by atoms with E-state index in [9.17, 15) is 4.79 Å². The fourth-order valence-corrected chi connectivity index (χ4v) is 2.84. The van der Waals surface area contributed by atoms with E-state index in [1.165, 1.54) is 0 Å². The Hall–Kier alpha value is -1.40. The van der Waals surface area contributed by atoms with Crippen molar-refractivity contribution in [2.75, 3.05) is 13.7 Å². The third-order valence-electron chi connectivity index (χ3n) is 4.30. The van der Waals surface area contributed by atoms with Gasteiger partial charge in [-0.05, 0) is 19.3 Å². The fourth-order valence-electron chi connectivity index (χ4n) is 2.84. The quantitative estimate of drug-likeness (QED) is 0.790. The van der Waals surface area contributed by atoms with Crippen molar-refractivity contribution in [1.82, 2.24) is 5.16 Å². The molecular formula is C17H27NO5. The van der Waals surface area contributed by atoms with E-state index in [-0.39, 0.29) is 29.4 Å². The fraction of sp³-hybridized carbons (Fsp3) is 0.765. The van der Waals surface area contributed by atoms with E-state index in [1.54, 1.807) is 14.0 Å². The summed E-state index contributed by atoms with van der Waals surface area (Å²) in [5, 5.41) is 3.88. The lowest BCUT2D eigenvalue weighted by Gasteiger charge is -2.40. The van der Waals surface area contributed by atoms with E-state index in [4.69, 9.17) is 18.7 Å². The van der Waals surface area contributed by atoms with Crippen molar-refractivity contribution in [2.45, 2.75) is 65.8 Å². The zero-order chi connectivity index (χ0) is 17.2. The van der Waals surface area contributed by atoms with E-state index < -0.39 is 5.97 Å². The first-order valence-corrected chi connectivity index (χ1v) is 8.09. The molecule has 0 saturated carbocycles. The molecule has 6 heteroatoms. The molecule has 6 nitrogen and oxygen atoms in total. The topological polar surface area (TPSA) is 70.8 Å². The van der Waals surface area contributed by atoms with Crippen molar-refractivity contribution in [3.63, 3.8) is 0 Å². The SMILES string of the molecule is CCOC(=O)c1noc([C@H]2C[C@@H](OC)C[C@@H](C(C)(C)C)O2)c1C. The van der Waals surface area contributed by atoms with Crippen LogP contribution in [0.25, 0.3) is 0 Å². The Kier molecular flexibility index (Phi) is 5.47. The van der Waals surface area contributed by atoms with Gasteiger partial charge in [0.2, 0.25) is 0 Å². The van der Waals surface area contributed by atoms with Crippen molar-refractivity contribution in [3.8, 4) is 0 Å². The molecule has 0 aliphatic carbocycles. The molecule has 1 aliphatic heterocycles. The third kappa shape index (κ3) is 3.93. The number of esters is 1. The average molecular weight is 325 g/mol. The van der Waals surface area contributed by atoms with Crippen molar-refractivity contribution in [1.29, 1.82) is 0 Å². The number of methoxy groups -OCH3 is 1. The molecule has 0 radical (unpaired) electrons. The van der Waals surface area contributed by atoms with Gasteiger partial charge in [-0.3, -0.25) is 0 Å². The van der Waals surface area contributed by atoms with Gasteiger partial charge < -0.3 is 18.7 Å². The molecule has 0 spiro atoms. The van der Waals surface area contributed by atoms with E-state index in [1.807, 2.05) is 6.92 Å². The Morgan fingerprint density at radius 3 is 2.61 bits per heavy atom. The largest absolute Gasteiger partial charge is 0.461 e. The molecule has 2 rings (SSSR count). The first-order chi connectivity index (χ1) is 10.8. The molecule has 1 fully saturated rings. The number of nitrogens with zero attached hydrogens (tertiary/aromatic N) is 1. The van der Waals surface area contributed by atoms with Crippen LogP contribution < -0.4 is 0 Å². The Bertz CT molecular complexity index is 546. The van der Waals surface area contributed by atoms with Crippen LogP contribution in [0.2, 0.25) is 0 Å². The van der Waals surface area contributed by atoms with Crippen LogP contribution in [-0.4, -0.2) is 37.1 Å². The summed E-state index contributed by atoms with van der Waals surface area (Å²) in [5.74, 6) is 0.121. The zero-order valence-electron chi connectivity index (χ0n) is 14.8. The van der Waals surface area contributed by atoms with Gasteiger partial charge in [-0.1, -0.05) is 25.9 Å². The maximum atomic E-state index is 11.9. The number of ether oxygens (including phenoxy) is 3. The number of hydrogen-bond acceptors (Lipinski definition) is 6. The van der Waals surface area contributed by atoms with Gasteiger partial charge in [0, 0.05) is 25.5 Å². The van der Waals surface area contributed by atoms with Crippen molar-refractivity contribution in [2.24, 2.45) is 5.41 Å². The zero-order valence-corrected chi connectivity index (χ0v) is 14.8. The van der Waals surface area contributed by atoms with Crippen LogP contribution in [0.5, 0.6) is 0 Å². The molecular weight excluding hydrogens is 298 g/mol. The van der Waals surface area contributed by atoms with Gasteiger partial charge in [-0.25, -0.2) is 4.79 Å². The standard InChI is InChI=1S/C17H27NO5/c1-7-21-16(19)14-10(2)15(23-18-14)12-8-11(20-6)9-13(22-12)17(3,4)5/h11-13H,7-9H2,1-6H3/t11-,12-,13+/m1/s1. The number of aromatic nitrogens is 1. The molecule has 0 N–H and O–H groups in total. The molecule has 3 atom stereocenters. The first-order valence-electron chi connectivity index (χ1n) is 8.09. The highest BCUT2D eigenvalue weighted by atomic mass is 16.5. The molecule has 0 bridgehead atoms. The van der Waals surface area contributed by atoms with E-state index in [0.29, 0.717) is 24.4 Å². The summed E-state index contributed by atoms with van der Waals surface area (Å²) in [6, 6.07) is 0. The van der Waals surface area contributed by atoms with Gasteiger partial charge in [0.25, 0.3) is 0 Å². The van der Waals surface area contributed by atoms with Crippen LogP contribution in [0.15, 0.2) is 4.52 Å². The first kappa shape index (κ1) is 17.9. The van der Waals surface area contributed by atoms with Crippen LogP contribution in [0, 0.1) is 12.3 Å². The predicted molar refractivity (Wildman–Crippen MR) is 84.3 cm³/mol. The van der Waals surface area contributed by atoms with Crippen molar-refractivity contribution in [3.05, 3.63) is 17.0 Å². The lowest BCUT2D eigenvalue weighted by molar-refractivity contribution is -0.150. The summed E-state index contributed by atoms with van der Waals surface area (Å²) in [5.41, 5.74) is 0.892. The van der Waals surface area contributed by atoms with E-state index in [2.05, 4.69) is 25.9 Å². The molecule has 130 valence electrons. The summed E-state index contributed by atoms with van der Waals surface area (Å²) in [6.45, 7) is 10.3. The van der Waals surface area contributed by atoms with Crippen LogP contribution in [0.4, 0.5) is 0 Å². The molecule has 1 aromatic heterocycles. The predicted octanol–water partition coefficient (Wildman–Crippen LogP) is 3.44. The summed E-state index contributed by atoms with van der Waals surface area (Å²) in [4.78, 5) is 11.9. The second kappa shape index (κ2) is 7.01. The third-order valence-corrected chi connectivity index (χ3v) is 4.30. The van der Waals surface area contributed by atoms with Gasteiger partial charge in [0.05, 0.1) is 18.8 Å². The van der Waals surface area contributed by atoms with Crippen molar-refractivity contribution >= 4 is 5.97 Å². The minimum Gasteiger partial charge on any atom is -0.461 e. The van der Waals surface area contributed by atoms with Crippen LogP contribution in [-0.2, 0) is 14.2 Å². The highest BCUT2D eigenvalue weighted by molar-refractivity contribution is 5.88. The second-order valence-electron chi connectivity index (χ2n) is 7.05. The van der Waals surface area contributed by atoms with Crippen LogP contribution >= 0.6 is 0 Å². The van der Waals surface area contributed by atoms with Gasteiger partial charge in [-0.15, -0.1) is 0 Å². The Balaban J connectivity index is 2.24. The molecule has 0 amide bonds. The molecule has 0 unspecified atom stereocenters. The van der Waals surface area contributed by atoms with Crippen molar-refractivity contribution < 1.29 is 23.5 Å². The molecule has 1 saturated heterocycles. The summed E-state index contributed by atoms with van der Waals surface area (Å²) in [6.07, 6.45) is 1.39. The maximum absolute atomic E-state index is 11.9. The van der Waals surface area contributed by atoms with E-state index in [0.717, 1.165) is 6.42 Å². The number of carbonyl (C=O) groups excluding carboxylic acids is 1. The smallest absolute Gasteiger partial charge is 0.360 e. The van der Waals surface area contributed by atoms with Gasteiger partial charge >= 0.3 is 5.97 Å². The Morgan fingerprint density at radius 1 is 1.35 bits per heavy atom. The minimum absolute atomic E-state index is 0.00660.